The van der Waals surface area contributed by atoms with E-state index in [0.29, 0.717) is 82.3 Å². The van der Waals surface area contributed by atoms with Crippen LogP contribution in [0.5, 0.6) is 0 Å². The molecule has 1 amide bonds. The van der Waals surface area contributed by atoms with E-state index in [1.807, 2.05) is 16.1 Å². The fraction of sp³-hybridized carbons (Fsp3) is 0.565. The number of fused-ring (bicyclic) bond motifs is 1. The number of nitrogens with zero attached hydrogens (tertiary/aromatic N) is 4. The van der Waals surface area contributed by atoms with Crippen LogP contribution >= 0.6 is 0 Å². The van der Waals surface area contributed by atoms with E-state index < -0.39 is 28.4 Å². The van der Waals surface area contributed by atoms with Gasteiger partial charge in [-0.3, -0.25) is 9.78 Å². The fourth-order valence-electron chi connectivity index (χ4n) is 5.01. The van der Waals surface area contributed by atoms with Crippen LogP contribution in [0, 0.1) is 11.6 Å². The molecule has 1 unspecified atom stereocenters. The third-order valence-electron chi connectivity index (χ3n) is 6.81. The Bertz CT molecular complexity index is 1110. The molecule has 184 valence electrons. The lowest BCUT2D eigenvalue weighted by atomic mass is 9.99. The summed E-state index contributed by atoms with van der Waals surface area (Å²) in [4.78, 5) is 21.5. The van der Waals surface area contributed by atoms with Gasteiger partial charge in [-0.2, -0.15) is 0 Å². The Balaban J connectivity index is 1.48. The first-order valence-electron chi connectivity index (χ1n) is 11.6. The zero-order chi connectivity index (χ0) is 23.9. The first kappa shape index (κ1) is 23.5. The summed E-state index contributed by atoms with van der Waals surface area (Å²) in [6, 6.07) is 2.05. The molecule has 0 N–H and O–H groups in total. The Kier molecular flexibility index (Phi) is 6.54. The van der Waals surface area contributed by atoms with E-state index in [0.717, 1.165) is 6.07 Å². The zero-order valence-electron chi connectivity index (χ0n) is 19.1. The number of hydrogen-bond acceptors (Lipinski definition) is 6. The van der Waals surface area contributed by atoms with Crippen molar-refractivity contribution in [2.75, 3.05) is 63.1 Å². The molecule has 1 atom stereocenters. The largest absolute Gasteiger partial charge is 0.370 e. The minimum atomic E-state index is -1.05. The number of piperidine rings is 1. The number of piperazine rings is 1. The molecule has 5 rings (SSSR count). The third kappa shape index (κ3) is 4.30. The number of anilines is 1. The first-order chi connectivity index (χ1) is 16.4. The van der Waals surface area contributed by atoms with Gasteiger partial charge < -0.3 is 19.3 Å². The number of amides is 1. The van der Waals surface area contributed by atoms with Crippen molar-refractivity contribution in [3.8, 4) is 0 Å². The number of pyridine rings is 1. The topological polar surface area (TPSA) is 75.2 Å². The quantitative estimate of drug-likeness (QED) is 0.650. The average Bonchev–Trinajstić information content (AvgIpc) is 3.31. The van der Waals surface area contributed by atoms with Crippen LogP contribution < -0.4 is 4.90 Å². The summed E-state index contributed by atoms with van der Waals surface area (Å²) in [6.45, 7) is 5.85. The Hall–Kier alpha value is -2.21. The van der Waals surface area contributed by atoms with Crippen LogP contribution in [-0.2, 0) is 20.5 Å². The van der Waals surface area contributed by atoms with Crippen LogP contribution in [0.1, 0.15) is 30.1 Å². The SMILES string of the molecule is CCS(=O)N1CCN(C(=O)c2cnc3c(F)cc(F)cc3c2N2CCC3(CC2)OCCO3)CC1. The molecule has 0 radical (unpaired) electrons. The molecule has 11 heteroatoms. The smallest absolute Gasteiger partial charge is 0.257 e. The molecular weight excluding hydrogens is 466 g/mol. The fourth-order valence-corrected chi connectivity index (χ4v) is 5.95. The Morgan fingerprint density at radius 1 is 1.09 bits per heavy atom. The highest BCUT2D eigenvalue weighted by atomic mass is 32.2. The molecule has 0 bridgehead atoms. The lowest BCUT2D eigenvalue weighted by Gasteiger charge is -2.40. The van der Waals surface area contributed by atoms with E-state index in [2.05, 4.69) is 4.98 Å². The second-order valence-electron chi connectivity index (χ2n) is 8.73. The van der Waals surface area contributed by atoms with Crippen LogP contribution in [-0.4, -0.2) is 88.3 Å². The van der Waals surface area contributed by atoms with Gasteiger partial charge in [0, 0.05) is 75.5 Å². The molecule has 1 aromatic heterocycles. The molecule has 3 aliphatic rings. The van der Waals surface area contributed by atoms with Gasteiger partial charge in [-0.15, -0.1) is 0 Å². The highest BCUT2D eigenvalue weighted by molar-refractivity contribution is 7.82. The number of carbonyl (C=O) groups is 1. The summed E-state index contributed by atoms with van der Waals surface area (Å²) >= 11 is 0. The van der Waals surface area contributed by atoms with Gasteiger partial charge in [0.15, 0.2) is 11.6 Å². The molecule has 1 aromatic carbocycles. The van der Waals surface area contributed by atoms with Crippen molar-refractivity contribution in [1.29, 1.82) is 0 Å². The van der Waals surface area contributed by atoms with Crippen molar-refractivity contribution >= 4 is 33.5 Å². The predicted molar refractivity (Wildman–Crippen MR) is 124 cm³/mol. The molecule has 3 fully saturated rings. The summed E-state index contributed by atoms with van der Waals surface area (Å²) in [5.74, 6) is -1.81. The van der Waals surface area contributed by atoms with Crippen molar-refractivity contribution in [3.05, 3.63) is 35.5 Å². The van der Waals surface area contributed by atoms with E-state index >= 15 is 0 Å². The maximum absolute atomic E-state index is 14.6. The van der Waals surface area contributed by atoms with Crippen LogP contribution in [0.4, 0.5) is 14.5 Å². The van der Waals surface area contributed by atoms with Crippen molar-refractivity contribution < 1.29 is 27.3 Å². The van der Waals surface area contributed by atoms with Gasteiger partial charge in [-0.05, 0) is 6.07 Å². The number of rotatable bonds is 4. The van der Waals surface area contributed by atoms with Gasteiger partial charge in [-0.25, -0.2) is 17.3 Å². The molecule has 4 heterocycles. The van der Waals surface area contributed by atoms with E-state index in [9.17, 15) is 17.8 Å². The normalized spacial score (nSPS) is 22.0. The van der Waals surface area contributed by atoms with Gasteiger partial charge in [0.05, 0.1) is 35.5 Å². The molecule has 2 aromatic rings. The zero-order valence-corrected chi connectivity index (χ0v) is 19.9. The number of carbonyl (C=O) groups excluding carboxylic acids is 1. The molecule has 0 aliphatic carbocycles. The molecular formula is C23H28F2N4O4S. The average molecular weight is 495 g/mol. The summed E-state index contributed by atoms with van der Waals surface area (Å²) in [6.07, 6.45) is 2.57. The predicted octanol–water partition coefficient (Wildman–Crippen LogP) is 2.30. The Morgan fingerprint density at radius 2 is 1.76 bits per heavy atom. The second-order valence-corrected chi connectivity index (χ2v) is 10.5. The Morgan fingerprint density at radius 3 is 2.41 bits per heavy atom. The summed E-state index contributed by atoms with van der Waals surface area (Å²) in [7, 11) is -1.05. The number of aromatic nitrogens is 1. The van der Waals surface area contributed by atoms with E-state index in [4.69, 9.17) is 9.47 Å². The molecule has 3 aliphatic heterocycles. The number of ether oxygens (including phenoxy) is 2. The van der Waals surface area contributed by atoms with Gasteiger partial charge in [0.2, 0.25) is 0 Å². The minimum absolute atomic E-state index is 0.0322. The summed E-state index contributed by atoms with van der Waals surface area (Å²) < 4.78 is 54.5. The van der Waals surface area contributed by atoms with Crippen molar-refractivity contribution in [2.24, 2.45) is 0 Å². The van der Waals surface area contributed by atoms with Gasteiger partial charge >= 0.3 is 0 Å². The highest BCUT2D eigenvalue weighted by Gasteiger charge is 2.41. The van der Waals surface area contributed by atoms with Crippen LogP contribution in [0.15, 0.2) is 18.3 Å². The number of halogens is 2. The molecule has 34 heavy (non-hydrogen) atoms. The monoisotopic (exact) mass is 494 g/mol. The van der Waals surface area contributed by atoms with Crippen molar-refractivity contribution in [2.45, 2.75) is 25.6 Å². The van der Waals surface area contributed by atoms with E-state index in [-0.39, 0.29) is 16.8 Å². The Labute approximate surface area is 199 Å². The molecule has 0 saturated carbocycles. The molecule has 3 saturated heterocycles. The second kappa shape index (κ2) is 9.44. The molecule has 1 spiro atoms. The standard InChI is InChI=1S/C23H28F2N4O4S/c1-2-34(31)29-9-7-28(8-10-29)22(30)18-15-26-20-17(13-16(24)14-19(20)25)21(18)27-5-3-23(4-6-27)32-11-12-33-23/h13-15H,2-12H2,1H3. The van der Waals surface area contributed by atoms with Crippen molar-refractivity contribution in [1.82, 2.24) is 14.2 Å². The van der Waals surface area contributed by atoms with Gasteiger partial charge in [0.25, 0.3) is 5.91 Å². The van der Waals surface area contributed by atoms with Crippen LogP contribution in [0.3, 0.4) is 0 Å². The summed E-state index contributed by atoms with van der Waals surface area (Å²) in [5.41, 5.74) is 0.831. The lowest BCUT2D eigenvalue weighted by Crippen LogP contribution is -2.50. The maximum Gasteiger partial charge on any atom is 0.257 e. The lowest BCUT2D eigenvalue weighted by molar-refractivity contribution is -0.169. The maximum atomic E-state index is 14.6. The number of hydrogen-bond donors (Lipinski definition) is 0. The van der Waals surface area contributed by atoms with Crippen LogP contribution in [0.25, 0.3) is 10.9 Å². The summed E-state index contributed by atoms with van der Waals surface area (Å²) in [5, 5.41) is 0.276. The first-order valence-corrected chi connectivity index (χ1v) is 12.9. The van der Waals surface area contributed by atoms with E-state index in [1.54, 1.807) is 4.90 Å². The third-order valence-corrected chi connectivity index (χ3v) is 8.24. The minimum Gasteiger partial charge on any atom is -0.370 e. The number of benzene rings is 1. The highest BCUT2D eigenvalue weighted by Crippen LogP contribution is 2.38. The van der Waals surface area contributed by atoms with E-state index in [1.165, 1.54) is 12.3 Å². The van der Waals surface area contributed by atoms with Crippen molar-refractivity contribution in [3.63, 3.8) is 0 Å². The van der Waals surface area contributed by atoms with Gasteiger partial charge in [-0.1, -0.05) is 6.92 Å². The van der Waals surface area contributed by atoms with Crippen LogP contribution in [0.2, 0.25) is 0 Å². The van der Waals surface area contributed by atoms with Gasteiger partial charge in [0.1, 0.15) is 11.3 Å². The molecule has 8 nitrogen and oxygen atoms in total.